The lowest BCUT2D eigenvalue weighted by Gasteiger charge is -2.26. The third-order valence-electron chi connectivity index (χ3n) is 3.19. The highest BCUT2D eigenvalue weighted by Gasteiger charge is 2.11. The summed E-state index contributed by atoms with van der Waals surface area (Å²) in [7, 11) is 0. The fourth-order valence-electron chi connectivity index (χ4n) is 2.12. The highest BCUT2D eigenvalue weighted by molar-refractivity contribution is 5.00. The van der Waals surface area contributed by atoms with Crippen LogP contribution in [0.1, 0.15) is 37.2 Å². The van der Waals surface area contributed by atoms with E-state index >= 15 is 0 Å². The third-order valence-corrected chi connectivity index (χ3v) is 3.19. The third kappa shape index (κ3) is 3.71. The fraction of sp³-hybridized carbons (Fsp3) is 0.769. The second kappa shape index (κ2) is 6.20. The number of piperazine rings is 1. The summed E-state index contributed by atoms with van der Waals surface area (Å²) >= 11 is 0. The number of nitrogens with one attached hydrogen (secondary N) is 1. The van der Waals surface area contributed by atoms with Crippen LogP contribution in [-0.2, 0) is 6.42 Å². The van der Waals surface area contributed by atoms with Crippen LogP contribution in [0.25, 0.3) is 0 Å². The van der Waals surface area contributed by atoms with E-state index in [-0.39, 0.29) is 0 Å². The minimum absolute atomic E-state index is 0.365. The first-order valence-corrected chi connectivity index (χ1v) is 6.79. The van der Waals surface area contributed by atoms with Gasteiger partial charge in [0.2, 0.25) is 0 Å². The molecular weight excluding hydrogens is 226 g/mol. The molecule has 0 amide bonds. The second-order valence-corrected chi connectivity index (χ2v) is 5.15. The van der Waals surface area contributed by atoms with Crippen molar-refractivity contribution in [1.29, 1.82) is 0 Å². The molecular formula is C13H23N5. The van der Waals surface area contributed by atoms with Crippen molar-refractivity contribution in [2.75, 3.05) is 32.7 Å². The van der Waals surface area contributed by atoms with E-state index in [9.17, 15) is 0 Å². The Bertz CT molecular complexity index is 385. The molecule has 0 spiro atoms. The van der Waals surface area contributed by atoms with Crippen LogP contribution in [0, 0.1) is 6.92 Å². The molecule has 0 bridgehead atoms. The molecule has 1 aromatic heterocycles. The predicted molar refractivity (Wildman–Crippen MR) is 71.7 cm³/mol. The predicted octanol–water partition coefficient (Wildman–Crippen LogP) is 0.751. The maximum atomic E-state index is 4.55. The number of aryl methyl sites for hydroxylation is 1. The highest BCUT2D eigenvalue weighted by atomic mass is 15.2. The number of aromatic nitrogens is 3. The van der Waals surface area contributed by atoms with Gasteiger partial charge in [0.15, 0.2) is 0 Å². The molecule has 1 fully saturated rings. The van der Waals surface area contributed by atoms with Gasteiger partial charge in [-0.2, -0.15) is 0 Å². The monoisotopic (exact) mass is 249 g/mol. The van der Waals surface area contributed by atoms with E-state index in [0.29, 0.717) is 5.92 Å². The molecule has 1 saturated heterocycles. The van der Waals surface area contributed by atoms with Gasteiger partial charge in [-0.05, 0) is 6.92 Å². The minimum Gasteiger partial charge on any atom is -0.314 e. The molecule has 18 heavy (non-hydrogen) atoms. The van der Waals surface area contributed by atoms with E-state index in [4.69, 9.17) is 0 Å². The zero-order valence-corrected chi connectivity index (χ0v) is 11.6. The van der Waals surface area contributed by atoms with Gasteiger partial charge in [-0.1, -0.05) is 13.8 Å². The van der Waals surface area contributed by atoms with Gasteiger partial charge in [0.25, 0.3) is 0 Å². The van der Waals surface area contributed by atoms with Crippen molar-refractivity contribution in [3.8, 4) is 0 Å². The van der Waals surface area contributed by atoms with Crippen molar-refractivity contribution in [3.63, 3.8) is 0 Å². The average molecular weight is 249 g/mol. The zero-order valence-electron chi connectivity index (χ0n) is 11.6. The second-order valence-electron chi connectivity index (χ2n) is 5.15. The van der Waals surface area contributed by atoms with Gasteiger partial charge in [0.05, 0.1) is 0 Å². The van der Waals surface area contributed by atoms with Crippen LogP contribution in [0.5, 0.6) is 0 Å². The summed E-state index contributed by atoms with van der Waals surface area (Å²) in [5.74, 6) is 3.05. The van der Waals surface area contributed by atoms with Crippen molar-refractivity contribution in [2.24, 2.45) is 0 Å². The van der Waals surface area contributed by atoms with Crippen LogP contribution in [0.4, 0.5) is 0 Å². The van der Waals surface area contributed by atoms with Crippen LogP contribution in [0.15, 0.2) is 0 Å². The van der Waals surface area contributed by atoms with Crippen LogP contribution in [-0.4, -0.2) is 52.6 Å². The summed E-state index contributed by atoms with van der Waals surface area (Å²) in [4.78, 5) is 15.8. The molecule has 0 aromatic carbocycles. The summed E-state index contributed by atoms with van der Waals surface area (Å²) in [5, 5.41) is 3.36. The Kier molecular flexibility index (Phi) is 4.60. The quantitative estimate of drug-likeness (QED) is 0.853. The molecule has 0 atom stereocenters. The standard InChI is InChI=1S/C13H23N5/c1-10(2)13-16-11(3)15-12(17-13)4-7-18-8-5-14-6-9-18/h10,14H,4-9H2,1-3H3. The van der Waals surface area contributed by atoms with Crippen molar-refractivity contribution < 1.29 is 0 Å². The summed E-state index contributed by atoms with van der Waals surface area (Å²) in [6.07, 6.45) is 0.920. The normalized spacial score (nSPS) is 17.3. The first-order chi connectivity index (χ1) is 8.65. The number of nitrogens with zero attached hydrogens (tertiary/aromatic N) is 4. The first-order valence-electron chi connectivity index (χ1n) is 6.79. The summed E-state index contributed by atoms with van der Waals surface area (Å²) in [6.45, 7) is 11.7. The summed E-state index contributed by atoms with van der Waals surface area (Å²) in [5.41, 5.74) is 0. The topological polar surface area (TPSA) is 53.9 Å². The van der Waals surface area contributed by atoms with E-state index in [0.717, 1.165) is 56.6 Å². The van der Waals surface area contributed by atoms with Crippen molar-refractivity contribution in [2.45, 2.75) is 33.1 Å². The van der Waals surface area contributed by atoms with Gasteiger partial charge in [0, 0.05) is 45.1 Å². The lowest BCUT2D eigenvalue weighted by atomic mass is 10.2. The van der Waals surface area contributed by atoms with Crippen molar-refractivity contribution in [1.82, 2.24) is 25.2 Å². The van der Waals surface area contributed by atoms with Crippen molar-refractivity contribution >= 4 is 0 Å². The molecule has 2 rings (SSSR count). The summed E-state index contributed by atoms with van der Waals surface area (Å²) < 4.78 is 0. The van der Waals surface area contributed by atoms with Crippen molar-refractivity contribution in [3.05, 3.63) is 17.5 Å². The van der Waals surface area contributed by atoms with E-state index in [1.807, 2.05) is 6.92 Å². The molecule has 0 unspecified atom stereocenters. The molecule has 100 valence electrons. The van der Waals surface area contributed by atoms with Gasteiger partial charge in [-0.25, -0.2) is 15.0 Å². The van der Waals surface area contributed by atoms with Crippen LogP contribution in [0.3, 0.4) is 0 Å². The Labute approximate surface area is 109 Å². The smallest absolute Gasteiger partial charge is 0.135 e. The Morgan fingerprint density at radius 2 is 1.89 bits per heavy atom. The van der Waals surface area contributed by atoms with Gasteiger partial charge in [-0.3, -0.25) is 0 Å². The Morgan fingerprint density at radius 1 is 1.17 bits per heavy atom. The number of rotatable bonds is 4. The minimum atomic E-state index is 0.365. The molecule has 1 aliphatic rings. The lowest BCUT2D eigenvalue weighted by molar-refractivity contribution is 0.242. The van der Waals surface area contributed by atoms with Gasteiger partial charge < -0.3 is 10.2 Å². The molecule has 0 aliphatic carbocycles. The first kappa shape index (κ1) is 13.4. The number of hydrogen-bond acceptors (Lipinski definition) is 5. The average Bonchev–Trinajstić information content (AvgIpc) is 2.37. The van der Waals surface area contributed by atoms with E-state index in [1.54, 1.807) is 0 Å². The SMILES string of the molecule is Cc1nc(CCN2CCNCC2)nc(C(C)C)n1. The maximum absolute atomic E-state index is 4.55. The zero-order chi connectivity index (χ0) is 13.0. The Balaban J connectivity index is 1.95. The molecule has 5 nitrogen and oxygen atoms in total. The molecule has 0 radical (unpaired) electrons. The Morgan fingerprint density at radius 3 is 2.56 bits per heavy atom. The fourth-order valence-corrected chi connectivity index (χ4v) is 2.12. The van der Waals surface area contributed by atoms with E-state index < -0.39 is 0 Å². The molecule has 0 saturated carbocycles. The van der Waals surface area contributed by atoms with Crippen LogP contribution >= 0.6 is 0 Å². The molecule has 1 aromatic rings. The Hall–Kier alpha value is -1.07. The molecule has 5 heteroatoms. The summed E-state index contributed by atoms with van der Waals surface area (Å²) in [6, 6.07) is 0. The lowest BCUT2D eigenvalue weighted by Crippen LogP contribution is -2.44. The largest absolute Gasteiger partial charge is 0.314 e. The maximum Gasteiger partial charge on any atom is 0.135 e. The van der Waals surface area contributed by atoms with Crippen LogP contribution < -0.4 is 5.32 Å². The van der Waals surface area contributed by atoms with Gasteiger partial charge in [-0.15, -0.1) is 0 Å². The van der Waals surface area contributed by atoms with Crippen LogP contribution in [0.2, 0.25) is 0 Å². The van der Waals surface area contributed by atoms with Gasteiger partial charge >= 0.3 is 0 Å². The molecule has 1 aliphatic heterocycles. The molecule has 2 heterocycles. The van der Waals surface area contributed by atoms with Gasteiger partial charge in [0.1, 0.15) is 17.5 Å². The highest BCUT2D eigenvalue weighted by Crippen LogP contribution is 2.09. The molecule has 1 N–H and O–H groups in total. The number of hydrogen-bond donors (Lipinski definition) is 1. The van der Waals surface area contributed by atoms with E-state index in [1.165, 1.54) is 0 Å². The van der Waals surface area contributed by atoms with E-state index in [2.05, 4.69) is 39.0 Å².